The first-order chi connectivity index (χ1) is 14.3. The second-order valence-electron chi connectivity index (χ2n) is 6.75. The topological polar surface area (TPSA) is 139 Å². The number of carboxylic acids is 1. The van der Waals surface area contributed by atoms with E-state index in [0.717, 1.165) is 5.56 Å². The van der Waals surface area contributed by atoms with E-state index in [0.29, 0.717) is 0 Å². The maximum atomic E-state index is 12.1. The van der Waals surface area contributed by atoms with Gasteiger partial charge in [-0.05, 0) is 12.5 Å². The molecule has 0 aliphatic carbocycles. The summed E-state index contributed by atoms with van der Waals surface area (Å²) >= 11 is 0. The number of rotatable bonds is 10. The molecule has 2 rings (SSSR count). The molecule has 158 valence electrons. The molecule has 9 nitrogen and oxygen atoms in total. The smallest absolute Gasteiger partial charge is 0.326 e. The molecule has 0 bridgehead atoms. The highest BCUT2D eigenvalue weighted by molar-refractivity contribution is 5.87. The fraction of sp³-hybridized carbons (Fsp3) is 0.286. The van der Waals surface area contributed by atoms with Crippen molar-refractivity contribution in [3.63, 3.8) is 0 Å². The number of aliphatic carboxylic acids is 1. The normalized spacial score (nSPS) is 12.4. The van der Waals surface area contributed by atoms with E-state index in [-0.39, 0.29) is 42.5 Å². The lowest BCUT2D eigenvalue weighted by Crippen LogP contribution is -2.42. The van der Waals surface area contributed by atoms with Gasteiger partial charge < -0.3 is 15.7 Å². The Hall–Kier alpha value is -3.75. The Balaban J connectivity index is 1.89. The van der Waals surface area contributed by atoms with Crippen molar-refractivity contribution in [2.75, 3.05) is 0 Å². The average molecular weight is 413 g/mol. The summed E-state index contributed by atoms with van der Waals surface area (Å²) in [5.41, 5.74) is 0.905. The van der Waals surface area contributed by atoms with Crippen LogP contribution in [0.3, 0.4) is 0 Å². The van der Waals surface area contributed by atoms with E-state index in [1.54, 1.807) is 6.07 Å². The number of nitrogens with zero attached hydrogens (tertiary/aromatic N) is 1. The van der Waals surface area contributed by atoms with Crippen LogP contribution in [0.1, 0.15) is 36.9 Å². The lowest BCUT2D eigenvalue weighted by Gasteiger charge is -2.16. The van der Waals surface area contributed by atoms with E-state index in [4.69, 9.17) is 0 Å². The molecule has 0 saturated carbocycles. The molecule has 2 aromatic rings. The van der Waals surface area contributed by atoms with Gasteiger partial charge >= 0.3 is 5.97 Å². The minimum atomic E-state index is -1.34. The van der Waals surface area contributed by atoms with Crippen LogP contribution in [0.4, 0.5) is 5.69 Å². The standard InChI is InChI=1S/C21H23N3O6/c1-14(15-7-3-2-4-8-15)22-19(25)11-12-20(26)23-17(21(27)28)13-16-9-5-6-10-18(16)24(29)30/h2-10,14,17H,11-13H2,1H3,(H,22,25)(H,23,26)(H,27,28)/t14-,17+/m1/s1. The molecule has 2 atom stereocenters. The predicted octanol–water partition coefficient (Wildman–Crippen LogP) is 2.36. The minimum Gasteiger partial charge on any atom is -0.480 e. The van der Waals surface area contributed by atoms with Crippen LogP contribution in [0.25, 0.3) is 0 Å². The lowest BCUT2D eigenvalue weighted by molar-refractivity contribution is -0.385. The van der Waals surface area contributed by atoms with Crippen LogP contribution >= 0.6 is 0 Å². The van der Waals surface area contributed by atoms with Crippen molar-refractivity contribution in [2.24, 2.45) is 0 Å². The highest BCUT2D eigenvalue weighted by Gasteiger charge is 2.24. The maximum absolute atomic E-state index is 12.1. The van der Waals surface area contributed by atoms with Crippen LogP contribution in [0, 0.1) is 10.1 Å². The molecule has 0 aromatic heterocycles. The van der Waals surface area contributed by atoms with Crippen molar-refractivity contribution in [1.29, 1.82) is 0 Å². The molecule has 0 saturated heterocycles. The zero-order chi connectivity index (χ0) is 22.1. The maximum Gasteiger partial charge on any atom is 0.326 e. The molecular weight excluding hydrogens is 390 g/mol. The molecule has 0 radical (unpaired) electrons. The zero-order valence-corrected chi connectivity index (χ0v) is 16.4. The van der Waals surface area contributed by atoms with Crippen LogP contribution in [-0.2, 0) is 20.8 Å². The summed E-state index contributed by atoms with van der Waals surface area (Å²) in [6, 6.07) is 13.5. The molecule has 3 N–H and O–H groups in total. The van der Waals surface area contributed by atoms with Crippen molar-refractivity contribution in [2.45, 2.75) is 38.3 Å². The number of nitro groups is 1. The highest BCUT2D eigenvalue weighted by Crippen LogP contribution is 2.19. The first-order valence-corrected chi connectivity index (χ1v) is 9.36. The number of para-hydroxylation sites is 1. The highest BCUT2D eigenvalue weighted by atomic mass is 16.6. The molecule has 0 heterocycles. The number of amides is 2. The van der Waals surface area contributed by atoms with E-state index >= 15 is 0 Å². The molecule has 0 aliphatic heterocycles. The Morgan fingerprint density at radius 1 is 0.967 bits per heavy atom. The first kappa shape index (κ1) is 22.5. The number of benzene rings is 2. The van der Waals surface area contributed by atoms with Crippen molar-refractivity contribution in [1.82, 2.24) is 10.6 Å². The third kappa shape index (κ3) is 6.69. The number of hydrogen-bond donors (Lipinski definition) is 3. The van der Waals surface area contributed by atoms with Gasteiger partial charge in [0.2, 0.25) is 11.8 Å². The summed E-state index contributed by atoms with van der Waals surface area (Å²) in [5.74, 6) is -2.28. The van der Waals surface area contributed by atoms with Crippen LogP contribution in [0.5, 0.6) is 0 Å². The van der Waals surface area contributed by atoms with E-state index in [9.17, 15) is 29.6 Å². The Morgan fingerprint density at radius 3 is 2.13 bits per heavy atom. The summed E-state index contributed by atoms with van der Waals surface area (Å²) in [6.07, 6.45) is -0.551. The summed E-state index contributed by atoms with van der Waals surface area (Å²) < 4.78 is 0. The number of nitrogens with one attached hydrogen (secondary N) is 2. The van der Waals surface area contributed by atoms with Crippen molar-refractivity contribution in [3.05, 3.63) is 75.8 Å². The van der Waals surface area contributed by atoms with Gasteiger partial charge in [0.15, 0.2) is 0 Å². The zero-order valence-electron chi connectivity index (χ0n) is 16.4. The van der Waals surface area contributed by atoms with Gasteiger partial charge in [0.25, 0.3) is 5.69 Å². The van der Waals surface area contributed by atoms with Crippen LogP contribution in [0.15, 0.2) is 54.6 Å². The number of carboxylic acid groups (broad SMARTS) is 1. The number of hydrogen-bond acceptors (Lipinski definition) is 5. The van der Waals surface area contributed by atoms with Gasteiger partial charge in [-0.25, -0.2) is 4.79 Å². The largest absolute Gasteiger partial charge is 0.480 e. The van der Waals surface area contributed by atoms with Crippen molar-refractivity contribution < 1.29 is 24.4 Å². The van der Waals surface area contributed by atoms with Gasteiger partial charge in [-0.3, -0.25) is 19.7 Å². The molecule has 2 aromatic carbocycles. The molecule has 0 aliphatic rings. The van der Waals surface area contributed by atoms with E-state index < -0.39 is 22.8 Å². The van der Waals surface area contributed by atoms with Gasteiger partial charge in [-0.1, -0.05) is 48.5 Å². The average Bonchev–Trinajstić information content (AvgIpc) is 2.72. The van der Waals surface area contributed by atoms with E-state index in [1.807, 2.05) is 37.3 Å². The quantitative estimate of drug-likeness (QED) is 0.404. The second kappa shape index (κ2) is 10.7. The summed E-state index contributed by atoms with van der Waals surface area (Å²) in [4.78, 5) is 46.2. The molecule has 2 amide bonds. The molecule has 9 heteroatoms. The van der Waals surface area contributed by atoms with Gasteiger partial charge in [0.1, 0.15) is 6.04 Å². The van der Waals surface area contributed by atoms with Gasteiger partial charge in [0.05, 0.1) is 11.0 Å². The van der Waals surface area contributed by atoms with Gasteiger partial charge in [0, 0.05) is 30.9 Å². The van der Waals surface area contributed by atoms with Crippen LogP contribution in [-0.4, -0.2) is 33.9 Å². The third-order valence-electron chi connectivity index (χ3n) is 4.50. The minimum absolute atomic E-state index is 0.110. The summed E-state index contributed by atoms with van der Waals surface area (Å²) in [6.45, 7) is 1.82. The third-order valence-corrected chi connectivity index (χ3v) is 4.50. The second-order valence-corrected chi connectivity index (χ2v) is 6.75. The van der Waals surface area contributed by atoms with E-state index in [1.165, 1.54) is 18.2 Å². The summed E-state index contributed by atoms with van der Waals surface area (Å²) in [5, 5.41) is 25.6. The Labute approximate surface area is 173 Å². The fourth-order valence-corrected chi connectivity index (χ4v) is 2.91. The summed E-state index contributed by atoms with van der Waals surface area (Å²) in [7, 11) is 0. The molecule has 30 heavy (non-hydrogen) atoms. The first-order valence-electron chi connectivity index (χ1n) is 9.36. The van der Waals surface area contributed by atoms with Crippen LogP contribution < -0.4 is 10.6 Å². The molecule has 0 fully saturated rings. The Kier molecular flexibility index (Phi) is 8.04. The Bertz CT molecular complexity index is 916. The monoisotopic (exact) mass is 413 g/mol. The molecule has 0 spiro atoms. The van der Waals surface area contributed by atoms with E-state index in [2.05, 4.69) is 10.6 Å². The molecule has 0 unspecified atom stereocenters. The number of carbonyl (C=O) groups excluding carboxylic acids is 2. The fourth-order valence-electron chi connectivity index (χ4n) is 2.91. The van der Waals surface area contributed by atoms with Crippen LogP contribution in [0.2, 0.25) is 0 Å². The van der Waals surface area contributed by atoms with Gasteiger partial charge in [-0.2, -0.15) is 0 Å². The SMILES string of the molecule is C[C@@H](NC(=O)CCC(=O)N[C@@H](Cc1ccccc1[N+](=O)[O-])C(=O)O)c1ccccc1. The van der Waals surface area contributed by atoms with Crippen molar-refractivity contribution in [3.8, 4) is 0 Å². The Morgan fingerprint density at radius 2 is 1.53 bits per heavy atom. The predicted molar refractivity (Wildman–Crippen MR) is 109 cm³/mol. The number of nitro benzene ring substituents is 1. The number of carbonyl (C=O) groups is 3. The van der Waals surface area contributed by atoms with Crippen molar-refractivity contribution >= 4 is 23.5 Å². The molecular formula is C21H23N3O6. The lowest BCUT2D eigenvalue weighted by atomic mass is 10.0. The van der Waals surface area contributed by atoms with Gasteiger partial charge in [-0.15, -0.1) is 0 Å².